The van der Waals surface area contributed by atoms with Crippen molar-refractivity contribution in [3.8, 4) is 11.5 Å². The van der Waals surface area contributed by atoms with Crippen LogP contribution in [0.5, 0.6) is 11.5 Å². The maximum atomic E-state index is 12.1. The number of nitrogens with zero attached hydrogens (tertiary/aromatic N) is 1. The van der Waals surface area contributed by atoms with Crippen LogP contribution in [0.2, 0.25) is 0 Å². The minimum Gasteiger partial charge on any atom is -0.497 e. The lowest BCUT2D eigenvalue weighted by atomic mass is 10.1. The number of ether oxygens (including phenoxy) is 2. The second-order valence-corrected chi connectivity index (χ2v) is 9.52. The fraction of sp³-hybridized carbons (Fsp3) is 0.235. The van der Waals surface area contributed by atoms with E-state index in [-0.39, 0.29) is 5.75 Å². The van der Waals surface area contributed by atoms with Gasteiger partial charge in [-0.1, -0.05) is 23.9 Å². The molecule has 0 amide bonds. The molecule has 0 aliphatic carbocycles. The summed E-state index contributed by atoms with van der Waals surface area (Å²) in [6.45, 7) is 0. The summed E-state index contributed by atoms with van der Waals surface area (Å²) >= 11 is 2.87. The Balaban J connectivity index is 1.81. The van der Waals surface area contributed by atoms with Crippen molar-refractivity contribution in [3.63, 3.8) is 0 Å². The predicted molar refractivity (Wildman–Crippen MR) is 106 cm³/mol. The second-order valence-electron chi connectivity index (χ2n) is 5.48. The zero-order valence-electron chi connectivity index (χ0n) is 14.2. The summed E-state index contributed by atoms with van der Waals surface area (Å²) in [5.41, 5.74) is 1.48. The molecule has 1 aromatic heterocycles. The molecule has 1 atom stereocenters. The summed E-state index contributed by atoms with van der Waals surface area (Å²) in [7, 11) is -0.579. The molecule has 1 unspecified atom stereocenters. The zero-order valence-corrected chi connectivity index (χ0v) is 16.7. The van der Waals surface area contributed by atoms with E-state index in [1.165, 1.54) is 23.1 Å². The number of nitrogens with two attached hydrogens (primary N) is 1. The molecule has 0 spiro atoms. The summed E-state index contributed by atoms with van der Waals surface area (Å²) in [6, 6.07) is 12.5. The quantitative estimate of drug-likeness (QED) is 0.600. The highest BCUT2D eigenvalue weighted by Crippen LogP contribution is 2.35. The van der Waals surface area contributed by atoms with Crippen LogP contribution in [0, 0.1) is 0 Å². The number of fused-ring (bicyclic) bond motifs is 1. The largest absolute Gasteiger partial charge is 0.497 e. The number of thioether (sulfide) groups is 1. The molecule has 3 rings (SSSR count). The Labute approximate surface area is 160 Å². The Morgan fingerprint density at radius 1 is 1.12 bits per heavy atom. The van der Waals surface area contributed by atoms with Crippen LogP contribution in [-0.2, 0) is 10.0 Å². The first-order chi connectivity index (χ1) is 12.4. The Morgan fingerprint density at radius 2 is 1.77 bits per heavy atom. The topological polar surface area (TPSA) is 91.5 Å². The molecule has 1 heterocycles. The van der Waals surface area contributed by atoms with Crippen molar-refractivity contribution in [1.82, 2.24) is 4.98 Å². The van der Waals surface area contributed by atoms with Crippen molar-refractivity contribution in [1.29, 1.82) is 0 Å². The van der Waals surface area contributed by atoms with Crippen LogP contribution in [-0.4, -0.2) is 33.4 Å². The number of benzene rings is 2. The van der Waals surface area contributed by atoms with Gasteiger partial charge in [-0.2, -0.15) is 0 Å². The summed E-state index contributed by atoms with van der Waals surface area (Å²) < 4.78 is 36.2. The molecular formula is C17H18N2O4S3. The van der Waals surface area contributed by atoms with Crippen LogP contribution < -0.4 is 14.6 Å². The molecule has 0 bridgehead atoms. The number of rotatable bonds is 7. The van der Waals surface area contributed by atoms with Crippen LogP contribution in [0.3, 0.4) is 0 Å². The summed E-state index contributed by atoms with van der Waals surface area (Å²) in [5.74, 6) is 1.70. The standard InChI is InChI=1S/C17H18N2O4S3/c1-22-12-5-3-11(4-6-12)16(26(18,20)21)10-24-17-19-14-8-7-13(23-2)9-15(14)25-17/h3-9,16H,10H2,1-2H3,(H2,18,20,21). The lowest BCUT2D eigenvalue weighted by Gasteiger charge is -2.14. The van der Waals surface area contributed by atoms with E-state index in [2.05, 4.69) is 4.98 Å². The predicted octanol–water partition coefficient (Wildman–Crippen LogP) is 3.44. The Morgan fingerprint density at radius 3 is 2.38 bits per heavy atom. The normalized spacial score (nSPS) is 12.9. The second kappa shape index (κ2) is 7.83. The minimum atomic E-state index is -3.75. The summed E-state index contributed by atoms with van der Waals surface area (Å²) in [5, 5.41) is 4.63. The third kappa shape index (κ3) is 4.29. The average Bonchev–Trinajstić information content (AvgIpc) is 3.03. The first kappa shape index (κ1) is 19.0. The van der Waals surface area contributed by atoms with Gasteiger partial charge in [0.05, 0.1) is 24.4 Å². The van der Waals surface area contributed by atoms with Crippen LogP contribution in [0.1, 0.15) is 10.8 Å². The third-order valence-electron chi connectivity index (χ3n) is 3.82. The summed E-state index contributed by atoms with van der Waals surface area (Å²) in [6.07, 6.45) is 0. The Bertz CT molecular complexity index is 1000. The average molecular weight is 411 g/mol. The minimum absolute atomic E-state index is 0.280. The van der Waals surface area contributed by atoms with E-state index >= 15 is 0 Å². The molecule has 6 nitrogen and oxygen atoms in total. The molecule has 2 N–H and O–H groups in total. The van der Waals surface area contributed by atoms with E-state index in [4.69, 9.17) is 14.6 Å². The van der Waals surface area contributed by atoms with Gasteiger partial charge in [-0.05, 0) is 35.9 Å². The molecule has 9 heteroatoms. The van der Waals surface area contributed by atoms with Gasteiger partial charge in [0.1, 0.15) is 16.7 Å². The number of hydrogen-bond acceptors (Lipinski definition) is 7. The van der Waals surface area contributed by atoms with Gasteiger partial charge in [-0.3, -0.25) is 0 Å². The van der Waals surface area contributed by atoms with Gasteiger partial charge in [-0.15, -0.1) is 11.3 Å². The monoisotopic (exact) mass is 410 g/mol. The van der Waals surface area contributed by atoms with E-state index in [9.17, 15) is 8.42 Å². The van der Waals surface area contributed by atoms with Crippen molar-refractivity contribution in [2.75, 3.05) is 20.0 Å². The van der Waals surface area contributed by atoms with Gasteiger partial charge in [0.15, 0.2) is 4.34 Å². The maximum Gasteiger partial charge on any atom is 0.216 e. The number of thiazole rings is 1. The van der Waals surface area contributed by atoms with Crippen LogP contribution in [0.4, 0.5) is 0 Å². The SMILES string of the molecule is COc1ccc(C(CSc2nc3ccc(OC)cc3s2)S(N)(=O)=O)cc1. The van der Waals surface area contributed by atoms with Crippen molar-refractivity contribution in [2.24, 2.45) is 5.14 Å². The van der Waals surface area contributed by atoms with Crippen molar-refractivity contribution in [3.05, 3.63) is 48.0 Å². The number of aromatic nitrogens is 1. The zero-order chi connectivity index (χ0) is 18.7. The number of hydrogen-bond donors (Lipinski definition) is 1. The molecule has 0 saturated carbocycles. The fourth-order valence-electron chi connectivity index (χ4n) is 2.42. The molecule has 0 aliphatic rings. The molecule has 0 saturated heterocycles. The van der Waals surface area contributed by atoms with Crippen LogP contribution in [0.15, 0.2) is 46.8 Å². The van der Waals surface area contributed by atoms with Crippen LogP contribution in [0.25, 0.3) is 10.2 Å². The van der Waals surface area contributed by atoms with Crippen molar-refractivity contribution in [2.45, 2.75) is 9.59 Å². The van der Waals surface area contributed by atoms with Gasteiger partial charge < -0.3 is 9.47 Å². The molecule has 0 radical (unpaired) electrons. The highest BCUT2D eigenvalue weighted by Gasteiger charge is 2.24. The van der Waals surface area contributed by atoms with E-state index in [0.29, 0.717) is 11.3 Å². The smallest absolute Gasteiger partial charge is 0.216 e. The maximum absolute atomic E-state index is 12.1. The molecular weight excluding hydrogens is 392 g/mol. The number of sulfonamides is 1. The summed E-state index contributed by atoms with van der Waals surface area (Å²) in [4.78, 5) is 4.53. The molecule has 138 valence electrons. The third-order valence-corrected chi connectivity index (χ3v) is 7.52. The molecule has 26 heavy (non-hydrogen) atoms. The highest BCUT2D eigenvalue weighted by molar-refractivity contribution is 8.02. The van der Waals surface area contributed by atoms with Crippen LogP contribution >= 0.6 is 23.1 Å². The van der Waals surface area contributed by atoms with E-state index in [1.54, 1.807) is 38.5 Å². The first-order valence-corrected chi connectivity index (χ1v) is 11.0. The highest BCUT2D eigenvalue weighted by atomic mass is 32.2. The van der Waals surface area contributed by atoms with E-state index < -0.39 is 15.3 Å². The molecule has 3 aromatic rings. The lowest BCUT2D eigenvalue weighted by molar-refractivity contribution is 0.414. The van der Waals surface area contributed by atoms with Gasteiger partial charge in [0.25, 0.3) is 0 Å². The Kier molecular flexibility index (Phi) is 5.71. The molecule has 0 fully saturated rings. The fourth-order valence-corrected chi connectivity index (χ4v) is 6.00. The number of methoxy groups -OCH3 is 2. The van der Waals surface area contributed by atoms with E-state index in [1.807, 2.05) is 18.2 Å². The first-order valence-electron chi connectivity index (χ1n) is 7.63. The Hall–Kier alpha value is -1.81. The molecule has 2 aromatic carbocycles. The van der Waals surface area contributed by atoms with E-state index in [0.717, 1.165) is 20.3 Å². The van der Waals surface area contributed by atoms with Gasteiger partial charge in [0.2, 0.25) is 10.0 Å². The van der Waals surface area contributed by atoms with Crippen molar-refractivity contribution < 1.29 is 17.9 Å². The van der Waals surface area contributed by atoms with Gasteiger partial charge in [0, 0.05) is 5.75 Å². The van der Waals surface area contributed by atoms with Gasteiger partial charge >= 0.3 is 0 Å². The lowest BCUT2D eigenvalue weighted by Crippen LogP contribution is -2.23. The number of primary sulfonamides is 1. The molecule has 0 aliphatic heterocycles. The van der Waals surface area contributed by atoms with Gasteiger partial charge in [-0.25, -0.2) is 18.5 Å². The van der Waals surface area contributed by atoms with Crippen molar-refractivity contribution >= 4 is 43.3 Å².